The van der Waals surface area contributed by atoms with Gasteiger partial charge in [-0.1, -0.05) is 30.3 Å². The first-order valence-corrected chi connectivity index (χ1v) is 8.24. The van der Waals surface area contributed by atoms with E-state index in [2.05, 4.69) is 0 Å². The van der Waals surface area contributed by atoms with Crippen LogP contribution in [0.4, 0.5) is 0 Å². The highest BCUT2D eigenvalue weighted by Crippen LogP contribution is 2.29. The number of carbonyl (C=O) groups is 1. The van der Waals surface area contributed by atoms with E-state index in [1.54, 1.807) is 37.5 Å². The summed E-state index contributed by atoms with van der Waals surface area (Å²) in [4.78, 5) is 12.5. The molecule has 0 radical (unpaired) electrons. The third-order valence-electron chi connectivity index (χ3n) is 4.01. The van der Waals surface area contributed by atoms with E-state index in [0.717, 1.165) is 27.8 Å². The Morgan fingerprint density at radius 1 is 1.00 bits per heavy atom. The Balaban J connectivity index is 1.96. The maximum Gasteiger partial charge on any atom is 0.185 e. The highest BCUT2D eigenvalue weighted by molar-refractivity contribution is 6.08. The number of carbonyl (C=O) groups excluding carboxylic acids is 1. The zero-order valence-electron chi connectivity index (χ0n) is 14.4. The van der Waals surface area contributed by atoms with Crippen LogP contribution in [-0.2, 0) is 0 Å². The van der Waals surface area contributed by atoms with Gasteiger partial charge in [-0.15, -0.1) is 0 Å². The minimum Gasteiger partial charge on any atom is -0.497 e. The normalized spacial score (nSPS) is 11.0. The summed E-state index contributed by atoms with van der Waals surface area (Å²) in [5.74, 6) is 1.45. The molecule has 0 bridgehead atoms. The van der Waals surface area contributed by atoms with Crippen LogP contribution in [0, 0.1) is 0 Å². The van der Waals surface area contributed by atoms with Crippen molar-refractivity contribution >= 4 is 22.6 Å². The molecular weight excluding hydrogens is 312 g/mol. The summed E-state index contributed by atoms with van der Waals surface area (Å²) in [7, 11) is 1.60. The molecule has 0 unspecified atom stereocenters. The summed E-state index contributed by atoms with van der Waals surface area (Å²) >= 11 is 0. The Hall–Kier alpha value is -3.07. The molecule has 0 spiro atoms. The van der Waals surface area contributed by atoms with Crippen molar-refractivity contribution in [3.63, 3.8) is 0 Å². The molecule has 25 heavy (non-hydrogen) atoms. The van der Waals surface area contributed by atoms with Gasteiger partial charge in [-0.2, -0.15) is 0 Å². The number of rotatable bonds is 6. The van der Waals surface area contributed by atoms with Crippen molar-refractivity contribution in [2.45, 2.75) is 6.92 Å². The first-order chi connectivity index (χ1) is 12.2. The predicted molar refractivity (Wildman–Crippen MR) is 101 cm³/mol. The summed E-state index contributed by atoms with van der Waals surface area (Å²) in [5.41, 5.74) is 1.54. The van der Waals surface area contributed by atoms with E-state index in [1.165, 1.54) is 0 Å². The number of benzene rings is 3. The van der Waals surface area contributed by atoms with E-state index in [4.69, 9.17) is 9.47 Å². The topological polar surface area (TPSA) is 35.5 Å². The largest absolute Gasteiger partial charge is 0.497 e. The van der Waals surface area contributed by atoms with Gasteiger partial charge in [0.1, 0.15) is 11.5 Å². The maximum atomic E-state index is 12.5. The summed E-state index contributed by atoms with van der Waals surface area (Å²) < 4.78 is 10.9. The molecule has 3 aromatic carbocycles. The molecule has 126 valence electrons. The molecule has 3 rings (SSSR count). The SMILES string of the molecule is CCOc1ccc2ccccc2c1/C=C/C(=O)c1ccc(OC)cc1. The number of allylic oxidation sites excluding steroid dienone is 1. The van der Waals surface area contributed by atoms with Gasteiger partial charge in [0.15, 0.2) is 5.78 Å². The van der Waals surface area contributed by atoms with Crippen LogP contribution in [0.25, 0.3) is 16.8 Å². The fraction of sp³-hybridized carbons (Fsp3) is 0.136. The number of ketones is 1. The second-order valence-corrected chi connectivity index (χ2v) is 5.56. The van der Waals surface area contributed by atoms with Gasteiger partial charge in [-0.05, 0) is 60.2 Å². The molecular formula is C22H20O3. The van der Waals surface area contributed by atoms with Crippen molar-refractivity contribution in [3.05, 3.63) is 77.9 Å². The van der Waals surface area contributed by atoms with E-state index in [9.17, 15) is 4.79 Å². The third-order valence-corrected chi connectivity index (χ3v) is 4.01. The van der Waals surface area contributed by atoms with E-state index >= 15 is 0 Å². The number of hydrogen-bond acceptors (Lipinski definition) is 3. The molecule has 0 aliphatic rings. The van der Waals surface area contributed by atoms with Crippen LogP contribution in [0.3, 0.4) is 0 Å². The zero-order chi connectivity index (χ0) is 17.6. The molecule has 0 aliphatic carbocycles. The van der Waals surface area contributed by atoms with Gasteiger partial charge >= 0.3 is 0 Å². The van der Waals surface area contributed by atoms with Crippen LogP contribution in [0.15, 0.2) is 66.7 Å². The lowest BCUT2D eigenvalue weighted by Crippen LogP contribution is -1.96. The predicted octanol–water partition coefficient (Wildman–Crippen LogP) is 5.14. The molecule has 0 N–H and O–H groups in total. The summed E-state index contributed by atoms with van der Waals surface area (Å²) in [6, 6.07) is 19.1. The van der Waals surface area contributed by atoms with Gasteiger partial charge in [0.25, 0.3) is 0 Å². The van der Waals surface area contributed by atoms with Crippen molar-refractivity contribution < 1.29 is 14.3 Å². The molecule has 0 fully saturated rings. The van der Waals surface area contributed by atoms with E-state index in [0.29, 0.717) is 12.2 Å². The molecule has 3 aromatic rings. The van der Waals surface area contributed by atoms with E-state index < -0.39 is 0 Å². The molecule has 0 heterocycles. The molecule has 0 saturated carbocycles. The minimum absolute atomic E-state index is 0.0574. The van der Waals surface area contributed by atoms with Crippen molar-refractivity contribution in [3.8, 4) is 11.5 Å². The van der Waals surface area contributed by atoms with Gasteiger partial charge in [0, 0.05) is 11.1 Å². The average molecular weight is 332 g/mol. The molecule has 0 aliphatic heterocycles. The summed E-state index contributed by atoms with van der Waals surface area (Å²) in [5, 5.41) is 2.18. The summed E-state index contributed by atoms with van der Waals surface area (Å²) in [6.45, 7) is 2.52. The Bertz CT molecular complexity index is 908. The molecule has 0 amide bonds. The van der Waals surface area contributed by atoms with Crippen molar-refractivity contribution in [2.75, 3.05) is 13.7 Å². The lowest BCUT2D eigenvalue weighted by molar-refractivity contribution is 0.104. The monoisotopic (exact) mass is 332 g/mol. The van der Waals surface area contributed by atoms with Crippen molar-refractivity contribution in [1.29, 1.82) is 0 Å². The van der Waals surface area contributed by atoms with Crippen LogP contribution in [-0.4, -0.2) is 19.5 Å². The quantitative estimate of drug-likeness (QED) is 0.463. The van der Waals surface area contributed by atoms with Gasteiger partial charge in [-0.3, -0.25) is 4.79 Å². The van der Waals surface area contributed by atoms with Crippen LogP contribution >= 0.6 is 0 Å². The summed E-state index contributed by atoms with van der Waals surface area (Å²) in [6.07, 6.45) is 3.42. The van der Waals surface area contributed by atoms with E-state index in [-0.39, 0.29) is 5.78 Å². The molecule has 0 atom stereocenters. The average Bonchev–Trinajstić information content (AvgIpc) is 2.67. The van der Waals surface area contributed by atoms with Crippen molar-refractivity contribution in [1.82, 2.24) is 0 Å². The lowest BCUT2D eigenvalue weighted by Gasteiger charge is -2.10. The first-order valence-electron chi connectivity index (χ1n) is 8.24. The Labute approximate surface area is 147 Å². The minimum atomic E-state index is -0.0574. The molecule has 3 nitrogen and oxygen atoms in total. The fourth-order valence-electron chi connectivity index (χ4n) is 2.74. The zero-order valence-corrected chi connectivity index (χ0v) is 14.4. The molecule has 0 saturated heterocycles. The number of hydrogen-bond donors (Lipinski definition) is 0. The molecule has 3 heteroatoms. The lowest BCUT2D eigenvalue weighted by atomic mass is 10.0. The molecule has 0 aromatic heterocycles. The highest BCUT2D eigenvalue weighted by Gasteiger charge is 2.07. The fourth-order valence-corrected chi connectivity index (χ4v) is 2.74. The van der Waals surface area contributed by atoms with Gasteiger partial charge in [0.05, 0.1) is 13.7 Å². The number of ether oxygens (including phenoxy) is 2. The number of fused-ring (bicyclic) bond motifs is 1. The Morgan fingerprint density at radius 2 is 1.76 bits per heavy atom. The highest BCUT2D eigenvalue weighted by atomic mass is 16.5. The van der Waals surface area contributed by atoms with Crippen LogP contribution in [0.5, 0.6) is 11.5 Å². The second kappa shape index (κ2) is 7.67. The standard InChI is InChI=1S/C22H20O3/c1-3-25-22-15-10-16-6-4-5-7-19(16)20(22)13-14-21(23)17-8-11-18(24-2)12-9-17/h4-15H,3H2,1-2H3/b14-13+. The third kappa shape index (κ3) is 3.72. The Kier molecular flexibility index (Phi) is 5.14. The van der Waals surface area contributed by atoms with Gasteiger partial charge in [0.2, 0.25) is 0 Å². The van der Waals surface area contributed by atoms with Crippen LogP contribution < -0.4 is 9.47 Å². The number of methoxy groups -OCH3 is 1. The van der Waals surface area contributed by atoms with Crippen LogP contribution in [0.2, 0.25) is 0 Å². The Morgan fingerprint density at radius 3 is 2.48 bits per heavy atom. The second-order valence-electron chi connectivity index (χ2n) is 5.56. The maximum absolute atomic E-state index is 12.5. The smallest absolute Gasteiger partial charge is 0.185 e. The van der Waals surface area contributed by atoms with Gasteiger partial charge in [-0.25, -0.2) is 0 Å². The van der Waals surface area contributed by atoms with Crippen molar-refractivity contribution in [2.24, 2.45) is 0 Å². The van der Waals surface area contributed by atoms with Gasteiger partial charge < -0.3 is 9.47 Å². The van der Waals surface area contributed by atoms with E-state index in [1.807, 2.05) is 49.4 Å². The first kappa shape index (κ1) is 16.8. The van der Waals surface area contributed by atoms with Crippen LogP contribution in [0.1, 0.15) is 22.8 Å².